The molecule has 106 valence electrons. The Hall–Kier alpha value is -1.73. The summed E-state index contributed by atoms with van der Waals surface area (Å²) in [6.45, 7) is 1.98. The maximum absolute atomic E-state index is 12.0. The van der Waals surface area contributed by atoms with Crippen LogP contribution in [0.15, 0.2) is 24.5 Å². The zero-order chi connectivity index (χ0) is 13.8. The molecule has 0 aliphatic carbocycles. The Bertz CT molecular complexity index is 561. The minimum Gasteiger partial charge on any atom is -0.373 e. The van der Waals surface area contributed by atoms with Gasteiger partial charge in [0, 0.05) is 24.2 Å². The summed E-state index contributed by atoms with van der Waals surface area (Å²) in [5, 5.41) is 10.4. The first-order chi connectivity index (χ1) is 9.83. The first-order valence-corrected chi connectivity index (χ1v) is 7.48. The van der Waals surface area contributed by atoms with E-state index >= 15 is 0 Å². The van der Waals surface area contributed by atoms with Gasteiger partial charge in [0.05, 0.1) is 23.7 Å². The number of amides is 1. The third kappa shape index (κ3) is 3.05. The highest BCUT2D eigenvalue weighted by molar-refractivity contribution is 7.14. The van der Waals surface area contributed by atoms with E-state index in [0.717, 1.165) is 29.2 Å². The van der Waals surface area contributed by atoms with Crippen LogP contribution in [-0.2, 0) is 11.3 Å². The second-order valence-corrected chi connectivity index (χ2v) is 5.74. The number of ether oxygens (including phenoxy) is 1. The van der Waals surface area contributed by atoms with Gasteiger partial charge in [-0.3, -0.25) is 9.48 Å². The molecule has 2 aromatic rings. The molecular weight excluding hydrogens is 276 g/mol. The van der Waals surface area contributed by atoms with Gasteiger partial charge in [0.2, 0.25) is 0 Å². The van der Waals surface area contributed by atoms with E-state index in [1.807, 2.05) is 12.1 Å². The molecule has 7 heteroatoms. The van der Waals surface area contributed by atoms with Crippen molar-refractivity contribution in [1.29, 1.82) is 0 Å². The van der Waals surface area contributed by atoms with Gasteiger partial charge in [0.15, 0.2) is 0 Å². The number of rotatable bonds is 5. The minimum absolute atomic E-state index is 0.0423. The number of carbonyl (C=O) groups is 1. The SMILES string of the molecule is O=C(NCCn1ccnn1)c1ccc([C@@H]2CCCO2)s1. The number of hydrogen-bond donors (Lipinski definition) is 1. The number of nitrogens with zero attached hydrogens (tertiary/aromatic N) is 3. The molecule has 0 unspecified atom stereocenters. The zero-order valence-electron chi connectivity index (χ0n) is 11.0. The molecule has 6 nitrogen and oxygen atoms in total. The molecule has 0 bridgehead atoms. The van der Waals surface area contributed by atoms with Gasteiger partial charge in [-0.15, -0.1) is 16.4 Å². The highest BCUT2D eigenvalue weighted by atomic mass is 32.1. The molecule has 20 heavy (non-hydrogen) atoms. The molecule has 1 fully saturated rings. The van der Waals surface area contributed by atoms with Gasteiger partial charge in [0.25, 0.3) is 5.91 Å². The summed E-state index contributed by atoms with van der Waals surface area (Å²) in [5.41, 5.74) is 0. The van der Waals surface area contributed by atoms with Crippen molar-refractivity contribution in [3.63, 3.8) is 0 Å². The first-order valence-electron chi connectivity index (χ1n) is 6.66. The van der Waals surface area contributed by atoms with Crippen LogP contribution in [0.1, 0.15) is 33.5 Å². The van der Waals surface area contributed by atoms with E-state index in [1.54, 1.807) is 17.1 Å². The van der Waals surface area contributed by atoms with E-state index in [2.05, 4.69) is 15.6 Å². The third-order valence-electron chi connectivity index (χ3n) is 3.20. The fourth-order valence-electron chi connectivity index (χ4n) is 2.17. The van der Waals surface area contributed by atoms with E-state index in [4.69, 9.17) is 4.74 Å². The highest BCUT2D eigenvalue weighted by Crippen LogP contribution is 2.33. The Morgan fingerprint density at radius 3 is 3.25 bits per heavy atom. The Labute approximate surface area is 120 Å². The monoisotopic (exact) mass is 292 g/mol. The fraction of sp³-hybridized carbons (Fsp3) is 0.462. The summed E-state index contributed by atoms with van der Waals surface area (Å²) in [4.78, 5) is 13.9. The molecule has 3 rings (SSSR count). The molecule has 1 aliphatic heterocycles. The number of thiophene rings is 1. The van der Waals surface area contributed by atoms with E-state index in [9.17, 15) is 4.79 Å². The number of aromatic nitrogens is 3. The molecule has 0 saturated carbocycles. The van der Waals surface area contributed by atoms with Crippen LogP contribution in [0, 0.1) is 0 Å². The highest BCUT2D eigenvalue weighted by Gasteiger charge is 2.20. The van der Waals surface area contributed by atoms with Crippen LogP contribution < -0.4 is 5.32 Å². The normalized spacial score (nSPS) is 18.3. The van der Waals surface area contributed by atoms with Crippen LogP contribution in [0.3, 0.4) is 0 Å². The predicted molar refractivity (Wildman–Crippen MR) is 74.6 cm³/mol. The number of nitrogens with one attached hydrogen (secondary N) is 1. The quantitative estimate of drug-likeness (QED) is 0.909. The van der Waals surface area contributed by atoms with Crippen molar-refractivity contribution in [3.8, 4) is 0 Å². The summed E-state index contributed by atoms with van der Waals surface area (Å²) >= 11 is 1.51. The van der Waals surface area contributed by atoms with E-state index < -0.39 is 0 Å². The van der Waals surface area contributed by atoms with Crippen LogP contribution in [0.25, 0.3) is 0 Å². The van der Waals surface area contributed by atoms with Crippen molar-refractivity contribution >= 4 is 17.2 Å². The van der Waals surface area contributed by atoms with Crippen LogP contribution in [0.2, 0.25) is 0 Å². The first kappa shape index (κ1) is 13.3. The average Bonchev–Trinajstić information content (AvgIpc) is 3.20. The second kappa shape index (κ2) is 6.15. The number of hydrogen-bond acceptors (Lipinski definition) is 5. The topological polar surface area (TPSA) is 69.0 Å². The molecule has 0 aromatic carbocycles. The van der Waals surface area contributed by atoms with Crippen LogP contribution >= 0.6 is 11.3 Å². The predicted octanol–water partition coefficient (Wildman–Crippen LogP) is 1.62. The van der Waals surface area contributed by atoms with Crippen LogP contribution in [0.4, 0.5) is 0 Å². The van der Waals surface area contributed by atoms with Gasteiger partial charge < -0.3 is 10.1 Å². The lowest BCUT2D eigenvalue weighted by molar-refractivity contribution is 0.0956. The molecule has 1 N–H and O–H groups in total. The lowest BCUT2D eigenvalue weighted by atomic mass is 10.2. The number of carbonyl (C=O) groups excluding carboxylic acids is 1. The third-order valence-corrected chi connectivity index (χ3v) is 4.37. The summed E-state index contributed by atoms with van der Waals surface area (Å²) in [7, 11) is 0. The second-order valence-electron chi connectivity index (χ2n) is 4.63. The van der Waals surface area contributed by atoms with Gasteiger partial charge in [0.1, 0.15) is 0 Å². The van der Waals surface area contributed by atoms with Crippen LogP contribution in [0.5, 0.6) is 0 Å². The largest absolute Gasteiger partial charge is 0.373 e. The summed E-state index contributed by atoms with van der Waals surface area (Å²) in [5.74, 6) is -0.0423. The van der Waals surface area contributed by atoms with Gasteiger partial charge in [-0.05, 0) is 25.0 Å². The molecule has 0 radical (unpaired) electrons. The van der Waals surface area contributed by atoms with Gasteiger partial charge in [-0.1, -0.05) is 5.21 Å². The Balaban J connectivity index is 1.51. The lowest BCUT2D eigenvalue weighted by Crippen LogP contribution is -2.26. The molecule has 2 aromatic heterocycles. The van der Waals surface area contributed by atoms with E-state index in [-0.39, 0.29) is 12.0 Å². The van der Waals surface area contributed by atoms with Gasteiger partial charge in [-0.2, -0.15) is 0 Å². The van der Waals surface area contributed by atoms with Crippen molar-refractivity contribution in [1.82, 2.24) is 20.3 Å². The summed E-state index contributed by atoms with van der Waals surface area (Å²) < 4.78 is 7.31. The molecule has 1 amide bonds. The zero-order valence-corrected chi connectivity index (χ0v) is 11.8. The molecule has 3 heterocycles. The maximum atomic E-state index is 12.0. The van der Waals surface area contributed by atoms with Crippen molar-refractivity contribution in [2.24, 2.45) is 0 Å². The molecule has 0 spiro atoms. The Morgan fingerprint density at radius 2 is 2.50 bits per heavy atom. The van der Waals surface area contributed by atoms with Crippen molar-refractivity contribution in [3.05, 3.63) is 34.3 Å². The lowest BCUT2D eigenvalue weighted by Gasteiger charge is -2.05. The van der Waals surface area contributed by atoms with Crippen molar-refractivity contribution in [2.75, 3.05) is 13.2 Å². The average molecular weight is 292 g/mol. The van der Waals surface area contributed by atoms with Crippen molar-refractivity contribution in [2.45, 2.75) is 25.5 Å². The maximum Gasteiger partial charge on any atom is 0.261 e. The molecule has 1 aliphatic rings. The minimum atomic E-state index is -0.0423. The molecule has 1 atom stereocenters. The summed E-state index contributed by atoms with van der Waals surface area (Å²) in [6.07, 6.45) is 5.72. The fourth-order valence-corrected chi connectivity index (χ4v) is 3.18. The molecule has 1 saturated heterocycles. The molecular formula is C13H16N4O2S. The van der Waals surface area contributed by atoms with E-state index in [1.165, 1.54) is 11.3 Å². The van der Waals surface area contributed by atoms with Gasteiger partial charge >= 0.3 is 0 Å². The van der Waals surface area contributed by atoms with Crippen molar-refractivity contribution < 1.29 is 9.53 Å². The van der Waals surface area contributed by atoms with Crippen LogP contribution in [-0.4, -0.2) is 34.1 Å². The Morgan fingerprint density at radius 1 is 1.55 bits per heavy atom. The summed E-state index contributed by atoms with van der Waals surface area (Å²) in [6, 6.07) is 3.86. The van der Waals surface area contributed by atoms with E-state index in [0.29, 0.717) is 13.1 Å². The smallest absolute Gasteiger partial charge is 0.261 e. The Kier molecular flexibility index (Phi) is 4.08. The van der Waals surface area contributed by atoms with Gasteiger partial charge in [-0.25, -0.2) is 0 Å². The standard InChI is InChI=1S/C13H16N4O2S/c18-13(14-5-7-17-8-6-15-16-17)12-4-3-11(20-12)10-2-1-9-19-10/h3-4,6,8,10H,1-2,5,7,9H2,(H,14,18)/t10-/m0/s1.